The Labute approximate surface area is 211 Å². The number of rotatable bonds is 7. The number of fused-ring (bicyclic) bond motifs is 1. The zero-order valence-electron chi connectivity index (χ0n) is 20.8. The second kappa shape index (κ2) is 10.1. The molecule has 4 aromatic rings. The van der Waals surface area contributed by atoms with Crippen LogP contribution in [0.5, 0.6) is 11.6 Å². The van der Waals surface area contributed by atoms with Crippen LogP contribution < -0.4 is 19.8 Å². The number of nitrogens with zero attached hydrogens (tertiary/aromatic N) is 1. The third-order valence-electron chi connectivity index (χ3n) is 6.03. The van der Waals surface area contributed by atoms with E-state index in [4.69, 9.17) is 14.5 Å². The molecule has 8 nitrogen and oxygen atoms in total. The van der Waals surface area contributed by atoms with Gasteiger partial charge >= 0.3 is 0 Å². The van der Waals surface area contributed by atoms with E-state index < -0.39 is 10.9 Å². The van der Waals surface area contributed by atoms with Gasteiger partial charge in [0, 0.05) is 40.4 Å². The number of benzene rings is 2. The summed E-state index contributed by atoms with van der Waals surface area (Å²) in [5.74, 6) is 1.09. The molecule has 2 aromatic heterocycles. The minimum atomic E-state index is -2.65. The van der Waals surface area contributed by atoms with E-state index in [1.54, 1.807) is 25.4 Å². The lowest BCUT2D eigenvalue weighted by atomic mass is 9.83. The van der Waals surface area contributed by atoms with Crippen LogP contribution in [-0.2, 0) is 22.8 Å². The molecule has 9 heteroatoms. The van der Waals surface area contributed by atoms with Crippen LogP contribution in [0.2, 0.25) is 0 Å². The van der Waals surface area contributed by atoms with Gasteiger partial charge in [-0.05, 0) is 40.8 Å². The Morgan fingerprint density at radius 1 is 0.944 bits per heavy atom. The zero-order valence-corrected chi connectivity index (χ0v) is 21.7. The molecule has 2 aromatic carbocycles. The number of aromatic amines is 1. The van der Waals surface area contributed by atoms with Gasteiger partial charge in [-0.2, -0.15) is 0 Å². The van der Waals surface area contributed by atoms with Crippen LogP contribution in [0.3, 0.4) is 0 Å². The number of thiol groups is 1. The van der Waals surface area contributed by atoms with Crippen LogP contribution in [0.1, 0.15) is 31.9 Å². The Hall–Kier alpha value is -3.69. The predicted molar refractivity (Wildman–Crippen MR) is 142 cm³/mol. The molecule has 0 aliphatic heterocycles. The van der Waals surface area contributed by atoms with Crippen LogP contribution in [-0.4, -0.2) is 32.6 Å². The van der Waals surface area contributed by atoms with Crippen molar-refractivity contribution in [3.63, 3.8) is 0 Å². The van der Waals surface area contributed by atoms with Crippen molar-refractivity contribution in [3.05, 3.63) is 76.2 Å². The monoisotopic (exact) mass is 507 g/mol. The van der Waals surface area contributed by atoms with E-state index in [9.17, 15) is 13.2 Å². The molecular formula is C27H29N3O5S. The summed E-state index contributed by atoms with van der Waals surface area (Å²) in [6.45, 7) is 6.52. The van der Waals surface area contributed by atoms with Gasteiger partial charge in [0.2, 0.25) is 10.9 Å². The SMILES string of the molecule is COc1ccc(-c2cc(C(C)(C)C)c(OC)c3cc(-c4ccc(CN[SH](=O)=O)cc4)cnc23)c(=O)[nH]1. The van der Waals surface area contributed by atoms with Crippen molar-refractivity contribution in [2.75, 3.05) is 14.2 Å². The third kappa shape index (κ3) is 5.12. The first-order chi connectivity index (χ1) is 17.1. The molecule has 0 saturated heterocycles. The topological polar surface area (TPSA) is 110 Å². The molecule has 2 N–H and O–H groups in total. The second-order valence-corrected chi connectivity index (χ2v) is 10.3. The minimum absolute atomic E-state index is 0.234. The predicted octanol–water partition coefficient (Wildman–Crippen LogP) is 4.19. The molecule has 0 unspecified atom stereocenters. The van der Waals surface area contributed by atoms with E-state index in [-0.39, 0.29) is 17.5 Å². The summed E-state index contributed by atoms with van der Waals surface area (Å²) in [7, 11) is 0.494. The standard InChI is InChI=1S/C27H29N3O5S/c1-27(2,3)22-13-20(19-10-11-23(34-4)30-26(19)31)24-21(25(22)35-5)12-18(15-28-24)17-8-6-16(7-9-17)14-29-36(32)33/h6-13,15,36H,14H2,1-5H3,(H,30,31)(H,29,32,33). The summed E-state index contributed by atoms with van der Waals surface area (Å²) in [5.41, 5.74) is 4.91. The zero-order chi connectivity index (χ0) is 26.0. The molecule has 188 valence electrons. The summed E-state index contributed by atoms with van der Waals surface area (Å²) in [5, 5.41) is 0.793. The molecule has 0 amide bonds. The van der Waals surface area contributed by atoms with Gasteiger partial charge in [0.1, 0.15) is 5.75 Å². The molecule has 2 heterocycles. The Bertz CT molecular complexity index is 1540. The number of nitrogens with one attached hydrogen (secondary N) is 2. The quantitative estimate of drug-likeness (QED) is 0.324. The molecule has 0 atom stereocenters. The Balaban J connectivity index is 1.92. The fourth-order valence-electron chi connectivity index (χ4n) is 4.17. The van der Waals surface area contributed by atoms with Crippen LogP contribution in [0.15, 0.2) is 59.5 Å². The minimum Gasteiger partial charge on any atom is -0.496 e. The van der Waals surface area contributed by atoms with Gasteiger partial charge in [-0.3, -0.25) is 14.8 Å². The summed E-state index contributed by atoms with van der Waals surface area (Å²) < 4.78 is 35.1. The lowest BCUT2D eigenvalue weighted by Crippen LogP contribution is -2.15. The average molecular weight is 508 g/mol. The maximum Gasteiger partial charge on any atom is 0.258 e. The third-order valence-corrected chi connectivity index (χ3v) is 6.44. The molecule has 0 bridgehead atoms. The van der Waals surface area contributed by atoms with E-state index in [2.05, 4.69) is 30.5 Å². The lowest BCUT2D eigenvalue weighted by Gasteiger charge is -2.25. The highest BCUT2D eigenvalue weighted by molar-refractivity contribution is 7.70. The first-order valence-electron chi connectivity index (χ1n) is 11.4. The Morgan fingerprint density at radius 2 is 1.67 bits per heavy atom. The van der Waals surface area contributed by atoms with Crippen molar-refractivity contribution in [1.29, 1.82) is 0 Å². The fourth-order valence-corrected chi connectivity index (χ4v) is 4.49. The highest BCUT2D eigenvalue weighted by Gasteiger charge is 2.25. The summed E-state index contributed by atoms with van der Waals surface area (Å²) in [6.07, 6.45) is 1.77. The van der Waals surface area contributed by atoms with Crippen molar-refractivity contribution in [1.82, 2.24) is 14.7 Å². The highest BCUT2D eigenvalue weighted by atomic mass is 32.2. The number of H-pyrrole nitrogens is 1. The van der Waals surface area contributed by atoms with Crippen LogP contribution >= 0.6 is 0 Å². The van der Waals surface area contributed by atoms with Gasteiger partial charge in [0.05, 0.1) is 19.7 Å². The van der Waals surface area contributed by atoms with Gasteiger partial charge in [0.15, 0.2) is 5.88 Å². The maximum atomic E-state index is 12.9. The van der Waals surface area contributed by atoms with E-state index in [0.717, 1.165) is 27.6 Å². The first kappa shape index (κ1) is 25.4. The number of ether oxygens (including phenoxy) is 2. The number of methoxy groups -OCH3 is 2. The van der Waals surface area contributed by atoms with E-state index in [0.29, 0.717) is 28.3 Å². The van der Waals surface area contributed by atoms with E-state index in [1.165, 1.54) is 7.11 Å². The molecule has 0 fully saturated rings. The first-order valence-corrected chi connectivity index (χ1v) is 12.6. The highest BCUT2D eigenvalue weighted by Crippen LogP contribution is 2.42. The molecule has 36 heavy (non-hydrogen) atoms. The van der Waals surface area contributed by atoms with Crippen molar-refractivity contribution in [3.8, 4) is 33.9 Å². The van der Waals surface area contributed by atoms with Gasteiger partial charge in [-0.15, -0.1) is 0 Å². The molecule has 4 rings (SSSR count). The lowest BCUT2D eigenvalue weighted by molar-refractivity contribution is 0.397. The smallest absolute Gasteiger partial charge is 0.258 e. The molecule has 0 saturated carbocycles. The van der Waals surface area contributed by atoms with Crippen molar-refractivity contribution in [2.45, 2.75) is 32.7 Å². The molecule has 0 radical (unpaired) electrons. The van der Waals surface area contributed by atoms with Crippen molar-refractivity contribution in [2.24, 2.45) is 0 Å². The number of pyridine rings is 2. The molecular weight excluding hydrogens is 478 g/mol. The van der Waals surface area contributed by atoms with Crippen molar-refractivity contribution < 1.29 is 17.9 Å². The molecule has 0 spiro atoms. The maximum absolute atomic E-state index is 12.9. The Morgan fingerprint density at radius 3 is 2.25 bits per heavy atom. The number of hydrogen-bond donors (Lipinski definition) is 3. The Kier molecular flexibility index (Phi) is 7.14. The van der Waals surface area contributed by atoms with Crippen LogP contribution in [0.4, 0.5) is 0 Å². The molecule has 0 aliphatic carbocycles. The summed E-state index contributed by atoms with van der Waals surface area (Å²) in [4.78, 5) is 20.5. The van der Waals surface area contributed by atoms with Crippen LogP contribution in [0, 0.1) is 0 Å². The van der Waals surface area contributed by atoms with Gasteiger partial charge in [-0.1, -0.05) is 45.0 Å². The van der Waals surface area contributed by atoms with Gasteiger partial charge in [-0.25, -0.2) is 13.1 Å². The van der Waals surface area contributed by atoms with Gasteiger partial charge < -0.3 is 9.47 Å². The van der Waals surface area contributed by atoms with Crippen LogP contribution in [0.25, 0.3) is 33.2 Å². The largest absolute Gasteiger partial charge is 0.496 e. The van der Waals surface area contributed by atoms with Crippen molar-refractivity contribution >= 4 is 21.8 Å². The number of aromatic nitrogens is 2. The van der Waals surface area contributed by atoms with E-state index in [1.807, 2.05) is 36.4 Å². The van der Waals surface area contributed by atoms with Gasteiger partial charge in [0.25, 0.3) is 5.56 Å². The fraction of sp³-hybridized carbons (Fsp3) is 0.259. The number of hydrogen-bond acceptors (Lipinski definition) is 6. The second-order valence-electron chi connectivity index (χ2n) is 9.43. The van der Waals surface area contributed by atoms with E-state index >= 15 is 0 Å². The normalized spacial score (nSPS) is 11.7. The summed E-state index contributed by atoms with van der Waals surface area (Å²) >= 11 is 0. The molecule has 0 aliphatic rings. The summed E-state index contributed by atoms with van der Waals surface area (Å²) in [6, 6.07) is 15.0. The average Bonchev–Trinajstić information content (AvgIpc) is 2.86.